The molecule has 4 aliphatic rings. The molecule has 0 spiro atoms. The largest absolute Gasteiger partial charge is 0.481 e. The lowest BCUT2D eigenvalue weighted by atomic mass is 9.65. The van der Waals surface area contributed by atoms with E-state index in [4.69, 9.17) is 20.0 Å². The van der Waals surface area contributed by atoms with Crippen molar-refractivity contribution in [1.29, 1.82) is 0 Å². The maximum absolute atomic E-state index is 14.7. The molecule has 2 aromatic heterocycles. The van der Waals surface area contributed by atoms with Crippen LogP contribution in [0.15, 0.2) is 77.2 Å². The minimum atomic E-state index is -1.37. The van der Waals surface area contributed by atoms with E-state index in [9.17, 15) is 58.5 Å². The third-order valence-electron chi connectivity index (χ3n) is 19.9. The van der Waals surface area contributed by atoms with Crippen LogP contribution in [0.5, 0.6) is 0 Å². The molecule has 8 unspecified atom stereocenters. The van der Waals surface area contributed by atoms with Crippen molar-refractivity contribution in [3.63, 3.8) is 0 Å². The van der Waals surface area contributed by atoms with Crippen molar-refractivity contribution in [3.8, 4) is 11.8 Å². The van der Waals surface area contributed by atoms with Crippen LogP contribution in [0.4, 0.5) is 5.82 Å². The number of fused-ring (bicyclic) bond motifs is 3. The van der Waals surface area contributed by atoms with Crippen LogP contribution in [0.3, 0.4) is 0 Å². The Labute approximate surface area is 614 Å². The lowest BCUT2D eigenvalue weighted by Crippen LogP contribution is -2.51. The summed E-state index contributed by atoms with van der Waals surface area (Å²) in [4.78, 5) is 136. The molecule has 2 fully saturated rings. The molecule has 0 saturated carbocycles. The van der Waals surface area contributed by atoms with Gasteiger partial charge in [-0.25, -0.2) is 9.97 Å². The van der Waals surface area contributed by atoms with E-state index < -0.39 is 84.9 Å². The first kappa shape index (κ1) is 81.1. The number of Topliss-reactive ketones (excluding diaryl/α,β-unsaturated/α-hetero) is 3. The number of hydrogen-bond acceptors (Lipinski definition) is 18. The van der Waals surface area contributed by atoms with E-state index in [1.807, 2.05) is 25.1 Å². The monoisotopic (exact) mass is 1470 g/mol. The number of nitrogen functional groups attached to an aromatic ring is 1. The SMILES string of the molecule is CCCc1cc2c(cc1C)C(c1ccccc1C(=O)N(C)CCCC(=O)N1CCCC1C(=O)NC(CCCSSCCC(=O)CCC#Cc1cn([C@H]3CC(O)[C@@H](COP)O3)c3ncnc(N)c13)C(=O)CCCCCCC(=O)NC(CC(=O)O)C(=O)CC(CC)C(=O)O)C1C=C(C)C(=NCC)C=C1C2. The van der Waals surface area contributed by atoms with Crippen LogP contribution in [0, 0.1) is 30.6 Å². The quantitative estimate of drug-likeness (QED) is 0.0104. The zero-order valence-corrected chi connectivity index (χ0v) is 63.0. The topological polar surface area (TPSA) is 332 Å². The Morgan fingerprint density at radius 3 is 2.40 bits per heavy atom. The average molecular weight is 1470 g/mol. The minimum absolute atomic E-state index is 0.0174. The van der Waals surface area contributed by atoms with Crippen molar-refractivity contribution in [1.82, 2.24) is 35.0 Å². The van der Waals surface area contributed by atoms with Gasteiger partial charge in [0.1, 0.15) is 41.9 Å². The number of carbonyl (C=O) groups excluding carboxylic acids is 7. The second-order valence-corrected chi connectivity index (χ2v) is 30.4. The number of amides is 4. The van der Waals surface area contributed by atoms with Crippen LogP contribution in [-0.4, -0.2) is 173 Å². The van der Waals surface area contributed by atoms with Gasteiger partial charge in [-0.2, -0.15) is 0 Å². The third-order valence-corrected chi connectivity index (χ3v) is 22.5. The molecule has 2 aliphatic carbocycles. The maximum atomic E-state index is 14.7. The molecule has 0 bridgehead atoms. The van der Waals surface area contributed by atoms with E-state index >= 15 is 0 Å². The average Bonchev–Trinajstić information content (AvgIpc) is 1.24. The number of aromatic nitrogens is 3. The summed E-state index contributed by atoms with van der Waals surface area (Å²) in [6.07, 6.45) is 13.5. The molecule has 556 valence electrons. The fraction of sp³-hybridized carbons (Fsp3) is 0.558. The maximum Gasteiger partial charge on any atom is 0.306 e. The summed E-state index contributed by atoms with van der Waals surface area (Å²) in [5.74, 6) is 1.99. The van der Waals surface area contributed by atoms with Gasteiger partial charge in [-0.15, -0.1) is 0 Å². The number of allylic oxidation sites excluding steroid dienone is 4. The van der Waals surface area contributed by atoms with Crippen molar-refractivity contribution in [3.05, 3.63) is 111 Å². The third kappa shape index (κ3) is 22.2. The zero-order chi connectivity index (χ0) is 74.3. The van der Waals surface area contributed by atoms with Gasteiger partial charge in [-0.05, 0) is 131 Å². The highest BCUT2D eigenvalue weighted by atomic mass is 33.1. The standard InChI is InChI=1S/C77H102N9O14PS2/c1-7-21-50-38-52-39-53-40-60(79-9-3)48(5)37-58(53)72(57(52)36-47(50)4)55-24-16-17-25-56(55)76(96)84(6)32-19-30-68(92)85-33-18-27-62(85)75(95)83-59(63(88)28-12-10-11-13-29-67(91)82-61(42-70(93)94)64(89)41-49(8-2)77(97)98)26-20-34-102-103-35-31-54(87)23-15-14-22-51-44-86(74-71(51)73(78)80-46-81-74)69-43-65(90)66(100-69)45-99-101/h16-17,24-25,36-38,40,44,46,49,58-59,61-62,65-66,69,72,90H,7-13,15,18-21,23,26-35,39,41-43,45,101H2,1-6H3,(H,82,91)(H,83,95)(H,93,94)(H,97,98)(H2,78,80,81)/t49?,58?,59?,61?,62?,65?,66-,69-,72?/m1/s1. The number of anilines is 1. The Hall–Kier alpha value is -7.59. The van der Waals surface area contributed by atoms with Gasteiger partial charge in [0, 0.05) is 123 Å². The molecule has 4 heterocycles. The van der Waals surface area contributed by atoms with Crippen molar-refractivity contribution in [2.75, 3.05) is 50.5 Å². The fourth-order valence-electron chi connectivity index (χ4n) is 14.3. The molecule has 4 aromatic rings. The van der Waals surface area contributed by atoms with Gasteiger partial charge in [0.25, 0.3) is 5.91 Å². The predicted molar refractivity (Wildman–Crippen MR) is 403 cm³/mol. The Kier molecular flexibility index (Phi) is 31.5. The molecule has 26 heteroatoms. The summed E-state index contributed by atoms with van der Waals surface area (Å²) in [5, 5.41) is 35.5. The first-order valence-corrected chi connectivity index (χ1v) is 39.3. The van der Waals surface area contributed by atoms with Crippen LogP contribution in [0.1, 0.15) is 212 Å². The minimum Gasteiger partial charge on any atom is -0.481 e. The predicted octanol–water partition coefficient (Wildman–Crippen LogP) is 10.6. The number of carbonyl (C=O) groups is 9. The first-order valence-electron chi connectivity index (χ1n) is 36.4. The summed E-state index contributed by atoms with van der Waals surface area (Å²) in [5.41, 5.74) is 17.4. The number of benzene rings is 2. The number of rotatable bonds is 40. The van der Waals surface area contributed by atoms with E-state index in [-0.39, 0.29) is 79.7 Å². The number of aliphatic carboxylic acids is 2. The number of unbranched alkanes of at least 4 members (excludes halogenated alkanes) is 3. The number of ether oxygens (including phenoxy) is 1. The summed E-state index contributed by atoms with van der Waals surface area (Å²) < 4.78 is 13.0. The first-order chi connectivity index (χ1) is 49.5. The van der Waals surface area contributed by atoms with Crippen molar-refractivity contribution < 1.29 is 67.7 Å². The Bertz CT molecular complexity index is 3880. The van der Waals surface area contributed by atoms with E-state index in [2.05, 4.69) is 93.0 Å². The van der Waals surface area contributed by atoms with E-state index in [0.29, 0.717) is 130 Å². The molecule has 10 atom stereocenters. The second-order valence-electron chi connectivity index (χ2n) is 27.3. The number of aliphatic hydroxyl groups is 1. The molecule has 8 rings (SSSR count). The van der Waals surface area contributed by atoms with Crippen molar-refractivity contribution in [2.45, 2.75) is 218 Å². The van der Waals surface area contributed by atoms with Gasteiger partial charge in [0.15, 0.2) is 11.6 Å². The molecular formula is C77H102N9O14PS2. The van der Waals surface area contributed by atoms with E-state index in [1.54, 1.807) is 56.1 Å². The van der Waals surface area contributed by atoms with Crippen LogP contribution in [-0.2, 0) is 60.5 Å². The summed E-state index contributed by atoms with van der Waals surface area (Å²) >= 11 is 0. The number of carboxylic acids is 2. The number of hydrogen-bond donors (Lipinski definition) is 6. The van der Waals surface area contributed by atoms with Crippen molar-refractivity contribution >= 4 is 107 Å². The number of nitrogens with zero attached hydrogens (tertiary/aromatic N) is 6. The van der Waals surface area contributed by atoms with E-state index in [0.717, 1.165) is 36.1 Å². The second kappa shape index (κ2) is 40.1. The van der Waals surface area contributed by atoms with E-state index in [1.165, 1.54) is 34.2 Å². The Morgan fingerprint density at radius 2 is 1.66 bits per heavy atom. The van der Waals surface area contributed by atoms with Gasteiger partial charge in [-0.3, -0.25) is 48.1 Å². The molecule has 2 aromatic carbocycles. The number of nitrogens with two attached hydrogens (primary N) is 1. The number of aryl methyl sites for hydroxylation is 2. The van der Waals surface area contributed by atoms with Gasteiger partial charge in [0.05, 0.1) is 53.8 Å². The van der Waals surface area contributed by atoms with Crippen molar-refractivity contribution in [2.24, 2.45) is 16.8 Å². The van der Waals surface area contributed by atoms with Gasteiger partial charge in [-0.1, -0.05) is 109 Å². The highest BCUT2D eigenvalue weighted by Crippen LogP contribution is 2.48. The summed E-state index contributed by atoms with van der Waals surface area (Å²) in [7, 11) is 7.04. The molecule has 7 N–H and O–H groups in total. The molecule has 103 heavy (non-hydrogen) atoms. The molecular weight excluding hydrogens is 1370 g/mol. The Balaban J connectivity index is 0.842. The lowest BCUT2D eigenvalue weighted by molar-refractivity contribution is -0.144. The number of aliphatic imine (C=N–C) groups is 1. The number of nitrogens with one attached hydrogen (secondary N) is 2. The van der Waals surface area contributed by atoms with Gasteiger partial charge in [0.2, 0.25) is 17.7 Å². The fourth-order valence-corrected chi connectivity index (χ4v) is 16.6. The summed E-state index contributed by atoms with van der Waals surface area (Å²) in [6.45, 7) is 11.7. The molecule has 4 amide bonds. The highest BCUT2D eigenvalue weighted by molar-refractivity contribution is 8.76. The number of aliphatic hydroxyl groups excluding tert-OH is 1. The highest BCUT2D eigenvalue weighted by Gasteiger charge is 2.40. The number of ketones is 3. The normalized spacial score (nSPS) is 19.7. The van der Waals surface area contributed by atoms with Crippen LogP contribution in [0.25, 0.3) is 11.0 Å². The smallest absolute Gasteiger partial charge is 0.306 e. The molecule has 0 radical (unpaired) electrons. The van der Waals surface area contributed by atoms with Crippen LogP contribution in [0.2, 0.25) is 0 Å². The lowest BCUT2D eigenvalue weighted by Gasteiger charge is -2.38. The zero-order valence-electron chi connectivity index (χ0n) is 60.3. The summed E-state index contributed by atoms with van der Waals surface area (Å²) in [6, 6.07) is 9.59. The van der Waals surface area contributed by atoms with Crippen LogP contribution >= 0.6 is 31.1 Å². The molecule has 2 aliphatic heterocycles. The number of carboxylic acid groups (broad SMARTS) is 2. The molecule has 23 nitrogen and oxygen atoms in total. The Morgan fingerprint density at radius 1 is 0.893 bits per heavy atom. The van der Waals surface area contributed by atoms with Crippen LogP contribution < -0.4 is 16.4 Å². The molecule has 2 saturated heterocycles. The number of likely N-dealkylation sites (tertiary alicyclic amines) is 1. The van der Waals surface area contributed by atoms with Gasteiger partial charge < -0.3 is 55.3 Å². The van der Waals surface area contributed by atoms with Gasteiger partial charge >= 0.3 is 11.9 Å².